The van der Waals surface area contributed by atoms with Crippen molar-refractivity contribution in [2.45, 2.75) is 4.90 Å². The van der Waals surface area contributed by atoms with E-state index in [2.05, 4.69) is 25.1 Å². The maximum Gasteiger partial charge on any atom is 0.265 e. The zero-order valence-corrected chi connectivity index (χ0v) is 11.9. The van der Waals surface area contributed by atoms with Crippen LogP contribution in [0.15, 0.2) is 47.9 Å². The lowest BCUT2D eigenvalue weighted by Crippen LogP contribution is -2.12. The minimum absolute atomic E-state index is 0.0832. The second-order valence-corrected chi connectivity index (χ2v) is 6.06. The van der Waals surface area contributed by atoms with Crippen LogP contribution in [-0.2, 0) is 17.1 Å². The van der Waals surface area contributed by atoms with Gasteiger partial charge >= 0.3 is 0 Å². The van der Waals surface area contributed by atoms with Crippen LogP contribution >= 0.6 is 0 Å². The first-order chi connectivity index (χ1) is 10.1. The van der Waals surface area contributed by atoms with Gasteiger partial charge in [0.15, 0.2) is 5.82 Å². The van der Waals surface area contributed by atoms with Crippen molar-refractivity contribution in [1.82, 2.24) is 25.0 Å². The number of aryl methyl sites for hydroxylation is 1. The van der Waals surface area contributed by atoms with Gasteiger partial charge in [0.25, 0.3) is 10.0 Å². The minimum Gasteiger partial charge on any atom is -0.317 e. The van der Waals surface area contributed by atoms with E-state index < -0.39 is 10.0 Å². The van der Waals surface area contributed by atoms with Gasteiger partial charge in [-0.2, -0.15) is 5.10 Å². The SMILES string of the molecule is Cn1cnnc1-c1ccc(NS(=O)(=O)c2cn[nH]c2)cc1. The number of aromatic amines is 1. The second-order valence-electron chi connectivity index (χ2n) is 4.38. The van der Waals surface area contributed by atoms with Crippen LogP contribution in [0.3, 0.4) is 0 Å². The van der Waals surface area contributed by atoms with E-state index in [-0.39, 0.29) is 4.90 Å². The van der Waals surface area contributed by atoms with Gasteiger partial charge in [0, 0.05) is 24.5 Å². The molecule has 2 N–H and O–H groups in total. The van der Waals surface area contributed by atoms with Crippen LogP contribution in [0.5, 0.6) is 0 Å². The number of nitrogens with one attached hydrogen (secondary N) is 2. The first kappa shape index (κ1) is 13.3. The Bertz CT molecular complexity index is 836. The topological polar surface area (TPSA) is 106 Å². The van der Waals surface area contributed by atoms with E-state index in [4.69, 9.17) is 0 Å². The summed E-state index contributed by atoms with van der Waals surface area (Å²) in [6.07, 6.45) is 4.16. The number of hydrogen-bond donors (Lipinski definition) is 2. The third-order valence-corrected chi connectivity index (χ3v) is 4.24. The Morgan fingerprint density at radius 3 is 2.57 bits per heavy atom. The van der Waals surface area contributed by atoms with Crippen LogP contribution in [-0.4, -0.2) is 33.4 Å². The van der Waals surface area contributed by atoms with E-state index >= 15 is 0 Å². The molecule has 2 aromatic heterocycles. The smallest absolute Gasteiger partial charge is 0.265 e. The fourth-order valence-corrected chi connectivity index (χ4v) is 2.80. The van der Waals surface area contributed by atoms with Crippen LogP contribution in [0.4, 0.5) is 5.69 Å². The van der Waals surface area contributed by atoms with E-state index in [9.17, 15) is 8.42 Å². The third-order valence-electron chi connectivity index (χ3n) is 2.89. The number of hydrogen-bond acceptors (Lipinski definition) is 5. The van der Waals surface area contributed by atoms with Crippen molar-refractivity contribution in [2.75, 3.05) is 4.72 Å². The highest BCUT2D eigenvalue weighted by Gasteiger charge is 2.15. The monoisotopic (exact) mass is 304 g/mol. The molecule has 8 nitrogen and oxygen atoms in total. The molecule has 0 atom stereocenters. The number of anilines is 1. The molecule has 21 heavy (non-hydrogen) atoms. The first-order valence-electron chi connectivity index (χ1n) is 6.02. The van der Waals surface area contributed by atoms with Crippen LogP contribution in [0.1, 0.15) is 0 Å². The number of sulfonamides is 1. The lowest BCUT2D eigenvalue weighted by atomic mass is 10.2. The number of H-pyrrole nitrogens is 1. The molecular formula is C12H12N6O2S. The van der Waals surface area contributed by atoms with Crippen molar-refractivity contribution in [3.8, 4) is 11.4 Å². The average Bonchev–Trinajstić information content (AvgIpc) is 3.10. The molecule has 0 aliphatic rings. The quantitative estimate of drug-likeness (QED) is 0.748. The Labute approximate surface area is 120 Å². The maximum absolute atomic E-state index is 12.0. The molecule has 0 bridgehead atoms. The Morgan fingerprint density at radius 1 is 1.24 bits per heavy atom. The molecule has 0 amide bonds. The molecular weight excluding hydrogens is 292 g/mol. The summed E-state index contributed by atoms with van der Waals surface area (Å²) in [6.45, 7) is 0. The fraction of sp³-hybridized carbons (Fsp3) is 0.0833. The Hall–Kier alpha value is -2.68. The number of rotatable bonds is 4. The van der Waals surface area contributed by atoms with Crippen LogP contribution < -0.4 is 4.72 Å². The number of aromatic nitrogens is 5. The molecule has 3 aromatic rings. The molecule has 0 unspecified atom stereocenters. The maximum atomic E-state index is 12.0. The van der Waals surface area contributed by atoms with Crippen molar-refractivity contribution in [1.29, 1.82) is 0 Å². The Morgan fingerprint density at radius 2 is 2.00 bits per heavy atom. The highest BCUT2D eigenvalue weighted by molar-refractivity contribution is 7.92. The van der Waals surface area contributed by atoms with Crippen molar-refractivity contribution in [3.05, 3.63) is 43.0 Å². The second kappa shape index (κ2) is 5.02. The van der Waals surface area contributed by atoms with Gasteiger partial charge in [-0.15, -0.1) is 10.2 Å². The van der Waals surface area contributed by atoms with Crippen molar-refractivity contribution in [2.24, 2.45) is 7.05 Å². The molecule has 9 heteroatoms. The fourth-order valence-electron chi connectivity index (χ4n) is 1.83. The summed E-state index contributed by atoms with van der Waals surface area (Å²) >= 11 is 0. The van der Waals surface area contributed by atoms with Crippen molar-refractivity contribution < 1.29 is 8.42 Å². The van der Waals surface area contributed by atoms with Gasteiger partial charge < -0.3 is 4.57 Å². The predicted molar refractivity (Wildman–Crippen MR) is 75.8 cm³/mol. The van der Waals surface area contributed by atoms with E-state index in [1.807, 2.05) is 7.05 Å². The van der Waals surface area contributed by atoms with Gasteiger partial charge in [0.1, 0.15) is 11.2 Å². The Balaban J connectivity index is 1.84. The van der Waals surface area contributed by atoms with E-state index in [1.54, 1.807) is 35.2 Å². The zero-order chi connectivity index (χ0) is 14.9. The molecule has 1 aromatic carbocycles. The highest BCUT2D eigenvalue weighted by atomic mass is 32.2. The zero-order valence-electron chi connectivity index (χ0n) is 11.1. The minimum atomic E-state index is -3.62. The van der Waals surface area contributed by atoms with E-state index in [0.717, 1.165) is 5.56 Å². The van der Waals surface area contributed by atoms with Crippen LogP contribution in [0.25, 0.3) is 11.4 Å². The molecule has 3 rings (SSSR count). The molecule has 0 aliphatic heterocycles. The molecule has 0 saturated carbocycles. The van der Waals surface area contributed by atoms with Crippen LogP contribution in [0.2, 0.25) is 0 Å². The molecule has 0 aliphatic carbocycles. The summed E-state index contributed by atoms with van der Waals surface area (Å²) < 4.78 is 28.3. The molecule has 0 fully saturated rings. The summed E-state index contributed by atoms with van der Waals surface area (Å²) in [5.74, 6) is 0.708. The van der Waals surface area contributed by atoms with Gasteiger partial charge in [-0.25, -0.2) is 8.42 Å². The van der Waals surface area contributed by atoms with E-state index in [0.29, 0.717) is 11.5 Å². The summed E-state index contributed by atoms with van der Waals surface area (Å²) in [6, 6.07) is 6.89. The van der Waals surface area contributed by atoms with Gasteiger partial charge in [-0.1, -0.05) is 0 Å². The first-order valence-corrected chi connectivity index (χ1v) is 7.50. The number of nitrogens with zero attached hydrogens (tertiary/aromatic N) is 4. The summed E-state index contributed by atoms with van der Waals surface area (Å²) in [5, 5.41) is 13.9. The van der Waals surface area contributed by atoms with Gasteiger partial charge in [-0.05, 0) is 24.3 Å². The standard InChI is InChI=1S/C12H12N6O2S/c1-18-8-15-16-12(18)9-2-4-10(5-3-9)17-21(19,20)11-6-13-14-7-11/h2-8,17H,1H3,(H,13,14). The van der Waals surface area contributed by atoms with Gasteiger partial charge in [-0.3, -0.25) is 9.82 Å². The summed E-state index contributed by atoms with van der Waals surface area (Å²) in [4.78, 5) is 0.0832. The Kier molecular flexibility index (Phi) is 3.18. The highest BCUT2D eigenvalue weighted by Crippen LogP contribution is 2.20. The molecule has 0 radical (unpaired) electrons. The molecule has 108 valence electrons. The van der Waals surface area contributed by atoms with Gasteiger partial charge in [0.05, 0.1) is 6.20 Å². The normalized spacial score (nSPS) is 11.5. The van der Waals surface area contributed by atoms with E-state index in [1.165, 1.54) is 12.4 Å². The summed E-state index contributed by atoms with van der Waals surface area (Å²) in [5.41, 5.74) is 1.31. The summed E-state index contributed by atoms with van der Waals surface area (Å²) in [7, 11) is -1.78. The van der Waals surface area contributed by atoms with Crippen molar-refractivity contribution in [3.63, 3.8) is 0 Å². The molecule has 2 heterocycles. The predicted octanol–water partition coefficient (Wildman–Crippen LogP) is 1.01. The lowest BCUT2D eigenvalue weighted by Gasteiger charge is -2.07. The van der Waals surface area contributed by atoms with Crippen LogP contribution in [0, 0.1) is 0 Å². The molecule has 0 spiro atoms. The third kappa shape index (κ3) is 2.63. The van der Waals surface area contributed by atoms with Crippen molar-refractivity contribution >= 4 is 15.7 Å². The lowest BCUT2D eigenvalue weighted by molar-refractivity contribution is 0.601. The average molecular weight is 304 g/mol. The molecule has 0 saturated heterocycles. The van der Waals surface area contributed by atoms with Gasteiger partial charge in [0.2, 0.25) is 0 Å². The number of benzene rings is 1. The largest absolute Gasteiger partial charge is 0.317 e.